The van der Waals surface area contributed by atoms with E-state index in [-0.39, 0.29) is 5.82 Å². The van der Waals surface area contributed by atoms with Crippen molar-refractivity contribution in [1.29, 1.82) is 0 Å². The normalized spacial score (nSPS) is 10.8. The first kappa shape index (κ1) is 11.7. The molecule has 0 aliphatic rings. The molecule has 1 aromatic carbocycles. The van der Waals surface area contributed by atoms with Crippen molar-refractivity contribution >= 4 is 11.2 Å². The molecule has 0 spiro atoms. The lowest BCUT2D eigenvalue weighted by Gasteiger charge is -2.08. The van der Waals surface area contributed by atoms with Gasteiger partial charge in [-0.15, -0.1) is 0 Å². The van der Waals surface area contributed by atoms with Crippen LogP contribution in [0.2, 0.25) is 0 Å². The van der Waals surface area contributed by atoms with Crippen LogP contribution in [0.3, 0.4) is 0 Å². The molecule has 0 aliphatic carbocycles. The molecule has 3 rings (SSSR count). The number of hydrogen-bond acceptors (Lipinski definition) is 2. The van der Waals surface area contributed by atoms with Crippen LogP contribution in [0.4, 0.5) is 10.1 Å². The lowest BCUT2D eigenvalue weighted by Crippen LogP contribution is -2.01. The van der Waals surface area contributed by atoms with Crippen LogP contribution in [-0.2, 0) is 6.54 Å². The molecular weight excluding hydrogens is 241 g/mol. The van der Waals surface area contributed by atoms with Gasteiger partial charge in [0.05, 0.1) is 11.7 Å². The van der Waals surface area contributed by atoms with Crippen LogP contribution in [0.5, 0.6) is 0 Å². The van der Waals surface area contributed by atoms with Crippen molar-refractivity contribution in [3.05, 3.63) is 65.7 Å². The molecule has 3 aromatic rings. The van der Waals surface area contributed by atoms with Gasteiger partial charge in [0.25, 0.3) is 0 Å². The summed E-state index contributed by atoms with van der Waals surface area (Å²) in [6.07, 6.45) is 3.77. The molecule has 1 N–H and O–H groups in total. The van der Waals surface area contributed by atoms with Gasteiger partial charge in [0.2, 0.25) is 0 Å². The van der Waals surface area contributed by atoms with Crippen LogP contribution in [0.15, 0.2) is 48.8 Å². The maximum atomic E-state index is 13.0. The van der Waals surface area contributed by atoms with E-state index in [0.29, 0.717) is 6.54 Å². The number of aryl methyl sites for hydroxylation is 1. The van der Waals surface area contributed by atoms with Crippen LogP contribution >= 0.6 is 0 Å². The van der Waals surface area contributed by atoms with Gasteiger partial charge in [-0.1, -0.05) is 6.07 Å². The second-order valence-corrected chi connectivity index (χ2v) is 4.51. The van der Waals surface area contributed by atoms with E-state index in [1.807, 2.05) is 42.0 Å². The third-order valence-electron chi connectivity index (χ3n) is 3.16. The van der Waals surface area contributed by atoms with Crippen molar-refractivity contribution in [3.63, 3.8) is 0 Å². The van der Waals surface area contributed by atoms with E-state index in [2.05, 4.69) is 10.4 Å². The lowest BCUT2D eigenvalue weighted by atomic mass is 10.2. The zero-order valence-corrected chi connectivity index (χ0v) is 10.6. The van der Waals surface area contributed by atoms with E-state index in [1.54, 1.807) is 6.07 Å². The summed E-state index contributed by atoms with van der Waals surface area (Å²) in [6, 6.07) is 10.7. The fraction of sp³-hybridized carbons (Fsp3) is 0.133. The standard InChI is InChI=1S/C15H14FN3/c1-11-8-13(16)5-6-14(11)17-9-12-10-18-19-7-3-2-4-15(12)19/h2-8,10,17H,9H2,1H3. The maximum absolute atomic E-state index is 13.0. The molecule has 0 radical (unpaired) electrons. The highest BCUT2D eigenvalue weighted by Crippen LogP contribution is 2.18. The summed E-state index contributed by atoms with van der Waals surface area (Å²) in [6.45, 7) is 2.56. The Kier molecular flexibility index (Phi) is 2.91. The van der Waals surface area contributed by atoms with Crippen LogP contribution < -0.4 is 5.32 Å². The first-order chi connectivity index (χ1) is 9.24. The minimum atomic E-state index is -0.209. The fourth-order valence-corrected chi connectivity index (χ4v) is 2.14. The van der Waals surface area contributed by atoms with Crippen molar-refractivity contribution in [2.24, 2.45) is 0 Å². The SMILES string of the molecule is Cc1cc(F)ccc1NCc1cnn2ccccc12. The summed E-state index contributed by atoms with van der Waals surface area (Å²) in [7, 11) is 0. The Hall–Kier alpha value is -2.36. The van der Waals surface area contributed by atoms with E-state index in [0.717, 1.165) is 22.3 Å². The number of fused-ring (bicyclic) bond motifs is 1. The van der Waals surface area contributed by atoms with Gasteiger partial charge in [-0.3, -0.25) is 0 Å². The lowest BCUT2D eigenvalue weighted by molar-refractivity contribution is 0.627. The molecule has 0 unspecified atom stereocenters. The largest absolute Gasteiger partial charge is 0.381 e. The quantitative estimate of drug-likeness (QED) is 0.777. The number of aromatic nitrogens is 2. The van der Waals surface area contributed by atoms with Gasteiger partial charge in [-0.05, 0) is 42.8 Å². The van der Waals surface area contributed by atoms with E-state index < -0.39 is 0 Å². The number of nitrogens with zero attached hydrogens (tertiary/aromatic N) is 2. The van der Waals surface area contributed by atoms with Gasteiger partial charge < -0.3 is 5.32 Å². The van der Waals surface area contributed by atoms with Crippen molar-refractivity contribution in [1.82, 2.24) is 9.61 Å². The molecule has 4 heteroatoms. The molecule has 0 saturated heterocycles. The van der Waals surface area contributed by atoms with Crippen LogP contribution in [-0.4, -0.2) is 9.61 Å². The van der Waals surface area contributed by atoms with Crippen LogP contribution in [0.25, 0.3) is 5.52 Å². The molecule has 0 aliphatic heterocycles. The maximum Gasteiger partial charge on any atom is 0.123 e. The number of rotatable bonds is 3. The summed E-state index contributed by atoms with van der Waals surface area (Å²) in [5.74, 6) is -0.209. The number of pyridine rings is 1. The van der Waals surface area contributed by atoms with Gasteiger partial charge in [0.15, 0.2) is 0 Å². The Bertz CT molecular complexity index is 718. The van der Waals surface area contributed by atoms with Gasteiger partial charge in [-0.25, -0.2) is 8.91 Å². The van der Waals surface area contributed by atoms with Crippen molar-refractivity contribution in [3.8, 4) is 0 Å². The number of halogens is 1. The molecule has 0 atom stereocenters. The Morgan fingerprint density at radius 2 is 2.16 bits per heavy atom. The van der Waals surface area contributed by atoms with Gasteiger partial charge >= 0.3 is 0 Å². The summed E-state index contributed by atoms with van der Waals surface area (Å²) in [4.78, 5) is 0. The molecular formula is C15H14FN3. The van der Waals surface area contributed by atoms with Gasteiger partial charge in [-0.2, -0.15) is 5.10 Å². The first-order valence-electron chi connectivity index (χ1n) is 6.15. The van der Waals surface area contributed by atoms with Gasteiger partial charge in [0.1, 0.15) is 5.82 Å². The van der Waals surface area contributed by atoms with Crippen LogP contribution in [0.1, 0.15) is 11.1 Å². The van der Waals surface area contributed by atoms with Crippen molar-refractivity contribution < 1.29 is 4.39 Å². The van der Waals surface area contributed by atoms with Crippen molar-refractivity contribution in [2.75, 3.05) is 5.32 Å². The highest BCUT2D eigenvalue weighted by atomic mass is 19.1. The Balaban J connectivity index is 1.82. The molecule has 0 saturated carbocycles. The van der Waals surface area contributed by atoms with Crippen LogP contribution in [0, 0.1) is 12.7 Å². The second kappa shape index (κ2) is 4.72. The predicted molar refractivity (Wildman–Crippen MR) is 73.7 cm³/mol. The predicted octanol–water partition coefficient (Wildman–Crippen LogP) is 3.39. The minimum Gasteiger partial charge on any atom is -0.381 e. The molecule has 3 nitrogen and oxygen atoms in total. The third kappa shape index (κ3) is 2.29. The summed E-state index contributed by atoms with van der Waals surface area (Å²) in [5.41, 5.74) is 4.03. The molecule has 19 heavy (non-hydrogen) atoms. The highest BCUT2D eigenvalue weighted by Gasteiger charge is 2.04. The fourth-order valence-electron chi connectivity index (χ4n) is 2.14. The Morgan fingerprint density at radius 1 is 1.26 bits per heavy atom. The number of hydrogen-bond donors (Lipinski definition) is 1. The van der Waals surface area contributed by atoms with Gasteiger partial charge in [0, 0.05) is 24.0 Å². The van der Waals surface area contributed by atoms with E-state index in [1.165, 1.54) is 12.1 Å². The first-order valence-corrected chi connectivity index (χ1v) is 6.15. The molecule has 0 bridgehead atoms. The topological polar surface area (TPSA) is 29.3 Å². The zero-order valence-electron chi connectivity index (χ0n) is 10.6. The third-order valence-corrected chi connectivity index (χ3v) is 3.16. The number of anilines is 1. The Labute approximate surface area is 110 Å². The number of nitrogens with one attached hydrogen (secondary N) is 1. The molecule has 2 aromatic heterocycles. The summed E-state index contributed by atoms with van der Waals surface area (Å²) in [5, 5.41) is 7.60. The minimum absolute atomic E-state index is 0.209. The average molecular weight is 255 g/mol. The molecule has 2 heterocycles. The van der Waals surface area contributed by atoms with Crippen molar-refractivity contribution in [2.45, 2.75) is 13.5 Å². The second-order valence-electron chi connectivity index (χ2n) is 4.51. The smallest absolute Gasteiger partial charge is 0.123 e. The zero-order chi connectivity index (χ0) is 13.2. The molecule has 0 amide bonds. The summed E-state index contributed by atoms with van der Waals surface area (Å²) < 4.78 is 14.9. The van der Waals surface area contributed by atoms with E-state index in [4.69, 9.17) is 0 Å². The molecule has 0 fully saturated rings. The molecule has 96 valence electrons. The average Bonchev–Trinajstić information content (AvgIpc) is 2.81. The monoisotopic (exact) mass is 255 g/mol. The highest BCUT2D eigenvalue weighted by molar-refractivity contribution is 5.56. The number of benzene rings is 1. The Morgan fingerprint density at radius 3 is 3.00 bits per heavy atom. The summed E-state index contributed by atoms with van der Waals surface area (Å²) >= 11 is 0. The van der Waals surface area contributed by atoms with E-state index >= 15 is 0 Å². The van der Waals surface area contributed by atoms with E-state index in [9.17, 15) is 4.39 Å².